The Morgan fingerprint density at radius 1 is 1.22 bits per heavy atom. The third-order valence-electron chi connectivity index (χ3n) is 3.72. The highest BCUT2D eigenvalue weighted by Crippen LogP contribution is 2.11. The topological polar surface area (TPSA) is 33.5 Å². The Morgan fingerprint density at radius 3 is 2.44 bits per heavy atom. The minimum Gasteiger partial charge on any atom is -0.383 e. The lowest BCUT2D eigenvalue weighted by Gasteiger charge is -2.34. The Hall–Kier alpha value is -0.910. The largest absolute Gasteiger partial charge is 0.383 e. The van der Waals surface area contributed by atoms with Crippen LogP contribution in [0.2, 0.25) is 0 Å². The monoisotopic (exact) mass is 252 g/mol. The van der Waals surface area contributed by atoms with Crippen molar-refractivity contribution >= 4 is 0 Å². The van der Waals surface area contributed by atoms with Crippen LogP contribution in [-0.4, -0.2) is 66.0 Å². The van der Waals surface area contributed by atoms with Gasteiger partial charge < -0.3 is 4.74 Å². The first-order valence-corrected chi connectivity index (χ1v) is 6.62. The summed E-state index contributed by atoms with van der Waals surface area (Å²) in [5.74, 6) is 0. The Morgan fingerprint density at radius 2 is 1.89 bits per heavy atom. The molecule has 0 N–H and O–H groups in total. The second-order valence-corrected chi connectivity index (χ2v) is 5.01. The third kappa shape index (κ3) is 3.31. The number of aryl methyl sites for hydroxylation is 2. The number of piperazine rings is 1. The molecular weight excluding hydrogens is 228 g/mol. The zero-order chi connectivity index (χ0) is 13.0. The van der Waals surface area contributed by atoms with E-state index in [4.69, 9.17) is 4.74 Å². The second kappa shape index (κ2) is 6.31. The molecule has 0 atom stereocenters. The number of ether oxygens (including phenoxy) is 1. The number of methoxy groups -OCH3 is 1. The number of aromatic nitrogens is 2. The molecule has 0 saturated carbocycles. The molecule has 5 heteroatoms. The van der Waals surface area contributed by atoms with E-state index in [-0.39, 0.29) is 0 Å². The summed E-state index contributed by atoms with van der Waals surface area (Å²) in [6.45, 7) is 9.58. The predicted octanol–water partition coefficient (Wildman–Crippen LogP) is 0.493. The first-order chi connectivity index (χ1) is 8.70. The molecular formula is C13H24N4O. The molecule has 102 valence electrons. The maximum absolute atomic E-state index is 5.12. The van der Waals surface area contributed by atoms with E-state index in [1.807, 2.05) is 17.9 Å². The lowest BCUT2D eigenvalue weighted by molar-refractivity contribution is 0.0926. The van der Waals surface area contributed by atoms with Crippen molar-refractivity contribution in [2.45, 2.75) is 13.5 Å². The van der Waals surface area contributed by atoms with Gasteiger partial charge in [-0.15, -0.1) is 0 Å². The summed E-state index contributed by atoms with van der Waals surface area (Å²) in [6, 6.07) is 0. The molecule has 2 heterocycles. The number of nitrogens with zero attached hydrogens (tertiary/aromatic N) is 4. The van der Waals surface area contributed by atoms with Gasteiger partial charge in [0.2, 0.25) is 0 Å². The highest BCUT2D eigenvalue weighted by molar-refractivity contribution is 5.15. The molecule has 0 spiro atoms. The summed E-state index contributed by atoms with van der Waals surface area (Å²) in [5.41, 5.74) is 2.62. The molecule has 1 aromatic heterocycles. The standard InChI is InChI=1S/C13H24N4O/c1-12-10-14-15(2)13(12)11-17-6-4-16(5-7-17)8-9-18-3/h10H,4-9,11H2,1-3H3. The average molecular weight is 252 g/mol. The van der Waals surface area contributed by atoms with Gasteiger partial charge in [0.15, 0.2) is 0 Å². The molecule has 1 aromatic rings. The number of hydrogen-bond acceptors (Lipinski definition) is 4. The van der Waals surface area contributed by atoms with Gasteiger partial charge in [0, 0.05) is 53.4 Å². The Balaban J connectivity index is 1.80. The van der Waals surface area contributed by atoms with Gasteiger partial charge in [-0.05, 0) is 12.5 Å². The van der Waals surface area contributed by atoms with Gasteiger partial charge in [-0.3, -0.25) is 14.5 Å². The van der Waals surface area contributed by atoms with E-state index in [9.17, 15) is 0 Å². The molecule has 1 fully saturated rings. The molecule has 0 bridgehead atoms. The fraction of sp³-hybridized carbons (Fsp3) is 0.769. The maximum Gasteiger partial charge on any atom is 0.0589 e. The van der Waals surface area contributed by atoms with Crippen molar-refractivity contribution in [2.75, 3.05) is 46.4 Å². The molecule has 1 aliphatic rings. The van der Waals surface area contributed by atoms with Crippen LogP contribution in [0.4, 0.5) is 0 Å². The van der Waals surface area contributed by atoms with E-state index in [1.165, 1.54) is 11.3 Å². The Kier molecular flexibility index (Phi) is 4.74. The lowest BCUT2D eigenvalue weighted by Crippen LogP contribution is -2.47. The van der Waals surface area contributed by atoms with Crippen LogP contribution in [0.3, 0.4) is 0 Å². The van der Waals surface area contributed by atoms with E-state index in [2.05, 4.69) is 21.8 Å². The molecule has 2 rings (SSSR count). The molecule has 0 aliphatic carbocycles. The molecule has 1 saturated heterocycles. The highest BCUT2D eigenvalue weighted by atomic mass is 16.5. The van der Waals surface area contributed by atoms with Crippen LogP contribution >= 0.6 is 0 Å². The minimum atomic E-state index is 0.834. The number of rotatable bonds is 5. The maximum atomic E-state index is 5.12. The van der Waals surface area contributed by atoms with Crippen LogP contribution in [0, 0.1) is 6.92 Å². The summed E-state index contributed by atoms with van der Waals surface area (Å²) in [4.78, 5) is 4.98. The molecule has 0 unspecified atom stereocenters. The van der Waals surface area contributed by atoms with E-state index in [1.54, 1.807) is 7.11 Å². The van der Waals surface area contributed by atoms with Gasteiger partial charge in [-0.2, -0.15) is 5.10 Å². The second-order valence-electron chi connectivity index (χ2n) is 5.01. The molecule has 0 aromatic carbocycles. The molecule has 0 amide bonds. The predicted molar refractivity (Wildman–Crippen MR) is 71.5 cm³/mol. The van der Waals surface area contributed by atoms with Gasteiger partial charge in [0.25, 0.3) is 0 Å². The van der Waals surface area contributed by atoms with Crippen molar-refractivity contribution in [2.24, 2.45) is 7.05 Å². The SMILES string of the molecule is COCCN1CCN(Cc2c(C)cnn2C)CC1. The highest BCUT2D eigenvalue weighted by Gasteiger charge is 2.18. The van der Waals surface area contributed by atoms with Gasteiger partial charge >= 0.3 is 0 Å². The van der Waals surface area contributed by atoms with Crippen LogP contribution in [0.1, 0.15) is 11.3 Å². The van der Waals surface area contributed by atoms with Crippen LogP contribution in [0.25, 0.3) is 0 Å². The van der Waals surface area contributed by atoms with Crippen molar-refractivity contribution < 1.29 is 4.74 Å². The first-order valence-electron chi connectivity index (χ1n) is 6.62. The Bertz CT molecular complexity index is 350. The van der Waals surface area contributed by atoms with Crippen LogP contribution in [0.15, 0.2) is 6.20 Å². The zero-order valence-corrected chi connectivity index (χ0v) is 11.7. The third-order valence-corrected chi connectivity index (χ3v) is 3.72. The van der Waals surface area contributed by atoms with Crippen molar-refractivity contribution in [1.82, 2.24) is 19.6 Å². The van der Waals surface area contributed by atoms with Gasteiger partial charge in [0.1, 0.15) is 0 Å². The molecule has 18 heavy (non-hydrogen) atoms. The first kappa shape index (κ1) is 13.5. The zero-order valence-electron chi connectivity index (χ0n) is 11.7. The molecule has 5 nitrogen and oxygen atoms in total. The lowest BCUT2D eigenvalue weighted by atomic mass is 10.2. The van der Waals surface area contributed by atoms with Crippen LogP contribution < -0.4 is 0 Å². The number of hydrogen-bond donors (Lipinski definition) is 0. The summed E-state index contributed by atoms with van der Waals surface area (Å²) in [6.07, 6.45) is 1.95. The summed E-state index contributed by atoms with van der Waals surface area (Å²) < 4.78 is 7.11. The van der Waals surface area contributed by atoms with Gasteiger partial charge in [0.05, 0.1) is 18.5 Å². The summed E-state index contributed by atoms with van der Waals surface area (Å²) >= 11 is 0. The summed E-state index contributed by atoms with van der Waals surface area (Å²) in [5, 5.41) is 4.30. The summed E-state index contributed by atoms with van der Waals surface area (Å²) in [7, 11) is 3.79. The van der Waals surface area contributed by atoms with Gasteiger partial charge in [-0.1, -0.05) is 0 Å². The van der Waals surface area contributed by atoms with Crippen molar-refractivity contribution in [1.29, 1.82) is 0 Å². The Labute approximate surface area is 109 Å². The van der Waals surface area contributed by atoms with Crippen molar-refractivity contribution in [3.05, 3.63) is 17.5 Å². The van der Waals surface area contributed by atoms with Crippen molar-refractivity contribution in [3.63, 3.8) is 0 Å². The fourth-order valence-electron chi connectivity index (χ4n) is 2.40. The average Bonchev–Trinajstić information content (AvgIpc) is 2.70. The molecule has 0 radical (unpaired) electrons. The van der Waals surface area contributed by atoms with Gasteiger partial charge in [-0.25, -0.2) is 0 Å². The van der Waals surface area contributed by atoms with E-state index < -0.39 is 0 Å². The van der Waals surface area contributed by atoms with E-state index >= 15 is 0 Å². The van der Waals surface area contributed by atoms with E-state index in [0.29, 0.717) is 0 Å². The fourth-order valence-corrected chi connectivity index (χ4v) is 2.40. The smallest absolute Gasteiger partial charge is 0.0589 e. The van der Waals surface area contributed by atoms with Crippen LogP contribution in [-0.2, 0) is 18.3 Å². The van der Waals surface area contributed by atoms with Crippen molar-refractivity contribution in [3.8, 4) is 0 Å². The molecule has 1 aliphatic heterocycles. The quantitative estimate of drug-likeness (QED) is 0.764. The van der Waals surface area contributed by atoms with Crippen LogP contribution in [0.5, 0.6) is 0 Å². The normalized spacial score (nSPS) is 18.4. The minimum absolute atomic E-state index is 0.834. The van der Waals surface area contributed by atoms with E-state index in [0.717, 1.165) is 45.9 Å².